The fourth-order valence-corrected chi connectivity index (χ4v) is 3.95. The van der Waals surface area contributed by atoms with Crippen LogP contribution in [0.3, 0.4) is 0 Å². The molecule has 6 nitrogen and oxygen atoms in total. The molecule has 2 N–H and O–H groups in total. The maximum atomic E-state index is 13.0. The Kier molecular flexibility index (Phi) is 7.24. The van der Waals surface area contributed by atoms with Gasteiger partial charge in [-0.05, 0) is 66.2 Å². The lowest BCUT2D eigenvalue weighted by Crippen LogP contribution is -2.49. The van der Waals surface area contributed by atoms with E-state index < -0.39 is 0 Å². The van der Waals surface area contributed by atoms with Crippen LogP contribution < -0.4 is 15.5 Å². The Morgan fingerprint density at radius 3 is 1.91 bits per heavy atom. The third kappa shape index (κ3) is 6.32. The predicted octanol–water partition coefficient (Wildman–Crippen LogP) is 5.12. The van der Waals surface area contributed by atoms with Crippen molar-refractivity contribution in [3.63, 3.8) is 0 Å². The van der Waals surface area contributed by atoms with E-state index >= 15 is 0 Å². The zero-order valence-electron chi connectivity index (χ0n) is 17.9. The van der Waals surface area contributed by atoms with Gasteiger partial charge >= 0.3 is 6.03 Å². The third-order valence-corrected chi connectivity index (χ3v) is 6.02. The number of nitrogens with zero attached hydrogens (tertiary/aromatic N) is 2. The molecule has 0 aromatic heterocycles. The number of anilines is 3. The molecule has 4 rings (SSSR count). The van der Waals surface area contributed by atoms with E-state index in [0.29, 0.717) is 24.5 Å². The summed E-state index contributed by atoms with van der Waals surface area (Å²) in [5.41, 5.74) is 3.26. The van der Waals surface area contributed by atoms with E-state index in [1.165, 1.54) is 12.1 Å². The van der Waals surface area contributed by atoms with E-state index in [0.717, 1.165) is 28.8 Å². The minimum atomic E-state index is -0.307. The minimum Gasteiger partial charge on any atom is -0.368 e. The molecule has 3 aromatic carbocycles. The molecule has 170 valence electrons. The van der Waals surface area contributed by atoms with Gasteiger partial charge in [0.05, 0.1) is 6.42 Å². The fourth-order valence-electron chi connectivity index (χ4n) is 3.68. The summed E-state index contributed by atoms with van der Waals surface area (Å²) in [5, 5.41) is 5.62. The Balaban J connectivity index is 1.25. The van der Waals surface area contributed by atoms with E-state index in [-0.39, 0.29) is 24.2 Å². The summed E-state index contributed by atoms with van der Waals surface area (Å²) in [7, 11) is 0. The molecule has 0 radical (unpaired) electrons. The first kappa shape index (κ1) is 22.8. The van der Waals surface area contributed by atoms with Crippen molar-refractivity contribution in [3.8, 4) is 0 Å². The highest BCUT2D eigenvalue weighted by Crippen LogP contribution is 2.21. The quantitative estimate of drug-likeness (QED) is 0.500. The Hall–Kier alpha value is -3.39. The molecule has 3 amide bonds. The van der Waals surface area contributed by atoms with Gasteiger partial charge in [-0.3, -0.25) is 4.79 Å². The number of amides is 3. The van der Waals surface area contributed by atoms with E-state index in [1.807, 2.05) is 53.4 Å². The molecular weight excluding hydrogens is 487 g/mol. The van der Waals surface area contributed by atoms with Crippen LogP contribution in [-0.4, -0.2) is 43.0 Å². The van der Waals surface area contributed by atoms with Crippen LogP contribution in [0.1, 0.15) is 5.56 Å². The van der Waals surface area contributed by atoms with Crippen LogP contribution in [0.25, 0.3) is 0 Å². The van der Waals surface area contributed by atoms with Gasteiger partial charge in [0.15, 0.2) is 0 Å². The second kappa shape index (κ2) is 10.5. The lowest BCUT2D eigenvalue weighted by atomic mass is 10.1. The summed E-state index contributed by atoms with van der Waals surface area (Å²) in [5.74, 6) is -0.246. The van der Waals surface area contributed by atoms with E-state index in [2.05, 4.69) is 31.5 Å². The van der Waals surface area contributed by atoms with E-state index in [4.69, 9.17) is 0 Å². The van der Waals surface area contributed by atoms with Crippen molar-refractivity contribution in [2.24, 2.45) is 0 Å². The summed E-state index contributed by atoms with van der Waals surface area (Å²) in [6.45, 7) is 2.73. The summed E-state index contributed by atoms with van der Waals surface area (Å²) >= 11 is 3.37. The molecule has 33 heavy (non-hydrogen) atoms. The zero-order chi connectivity index (χ0) is 23.2. The number of benzene rings is 3. The van der Waals surface area contributed by atoms with Gasteiger partial charge in [-0.1, -0.05) is 28.1 Å². The molecule has 0 saturated carbocycles. The molecule has 1 aliphatic rings. The van der Waals surface area contributed by atoms with Gasteiger partial charge in [0, 0.05) is 47.7 Å². The highest BCUT2D eigenvalue weighted by atomic mass is 79.9. The number of piperazine rings is 1. The van der Waals surface area contributed by atoms with Crippen LogP contribution in [0.15, 0.2) is 77.3 Å². The monoisotopic (exact) mass is 510 g/mol. The summed E-state index contributed by atoms with van der Waals surface area (Å²) in [4.78, 5) is 28.8. The normalized spacial score (nSPS) is 13.5. The maximum Gasteiger partial charge on any atom is 0.323 e. The van der Waals surface area contributed by atoms with Crippen LogP contribution in [0.2, 0.25) is 0 Å². The lowest BCUT2D eigenvalue weighted by molar-refractivity contribution is -0.130. The zero-order valence-corrected chi connectivity index (χ0v) is 19.5. The molecule has 0 unspecified atom stereocenters. The molecule has 1 fully saturated rings. The maximum absolute atomic E-state index is 13.0. The molecule has 3 aromatic rings. The van der Waals surface area contributed by atoms with Crippen molar-refractivity contribution in [1.82, 2.24) is 4.90 Å². The van der Waals surface area contributed by atoms with Gasteiger partial charge in [0.1, 0.15) is 5.82 Å². The van der Waals surface area contributed by atoms with Gasteiger partial charge in [-0.2, -0.15) is 0 Å². The van der Waals surface area contributed by atoms with Crippen LogP contribution in [-0.2, 0) is 11.2 Å². The third-order valence-electron chi connectivity index (χ3n) is 5.49. The standard InChI is InChI=1S/C25H24BrFN4O2/c26-19-3-7-21(8-4-19)28-25(33)29-22-9-11-23(12-10-22)30-13-15-31(16-14-30)24(32)17-18-1-5-20(27)6-2-18/h1-12H,13-17H2,(H2,28,29,33). The Morgan fingerprint density at radius 1 is 0.788 bits per heavy atom. The second-order valence-corrected chi connectivity index (χ2v) is 8.72. The molecule has 1 aliphatic heterocycles. The largest absolute Gasteiger partial charge is 0.368 e. The van der Waals surface area contributed by atoms with Crippen LogP contribution in [0.4, 0.5) is 26.2 Å². The number of hydrogen-bond acceptors (Lipinski definition) is 3. The first-order chi connectivity index (χ1) is 16.0. The number of halogens is 2. The molecule has 1 saturated heterocycles. The van der Waals surface area contributed by atoms with Gasteiger partial charge in [-0.15, -0.1) is 0 Å². The number of urea groups is 1. The van der Waals surface area contributed by atoms with Crippen LogP contribution in [0, 0.1) is 5.82 Å². The highest BCUT2D eigenvalue weighted by Gasteiger charge is 2.21. The van der Waals surface area contributed by atoms with Crippen LogP contribution in [0.5, 0.6) is 0 Å². The van der Waals surface area contributed by atoms with E-state index in [9.17, 15) is 14.0 Å². The first-order valence-electron chi connectivity index (χ1n) is 10.7. The number of carbonyl (C=O) groups is 2. The molecule has 0 spiro atoms. The highest BCUT2D eigenvalue weighted by molar-refractivity contribution is 9.10. The molecule has 0 aliphatic carbocycles. The number of rotatable bonds is 5. The number of nitrogens with one attached hydrogen (secondary N) is 2. The lowest BCUT2D eigenvalue weighted by Gasteiger charge is -2.36. The number of hydrogen-bond donors (Lipinski definition) is 2. The van der Waals surface area contributed by atoms with E-state index in [1.54, 1.807) is 12.1 Å². The molecule has 0 atom stereocenters. The average Bonchev–Trinajstić information content (AvgIpc) is 2.82. The van der Waals surface area contributed by atoms with Crippen molar-refractivity contribution in [1.29, 1.82) is 0 Å². The van der Waals surface area contributed by atoms with Crippen molar-refractivity contribution in [2.45, 2.75) is 6.42 Å². The minimum absolute atomic E-state index is 0.0533. The van der Waals surface area contributed by atoms with Gasteiger partial charge in [0.25, 0.3) is 0 Å². The Morgan fingerprint density at radius 2 is 1.33 bits per heavy atom. The molecular formula is C25H24BrFN4O2. The van der Waals surface area contributed by atoms with Gasteiger partial charge in [-0.25, -0.2) is 9.18 Å². The first-order valence-corrected chi connectivity index (χ1v) is 11.5. The smallest absolute Gasteiger partial charge is 0.323 e. The van der Waals surface area contributed by atoms with Crippen molar-refractivity contribution >= 4 is 44.9 Å². The van der Waals surface area contributed by atoms with Gasteiger partial charge < -0.3 is 20.4 Å². The summed E-state index contributed by atoms with van der Waals surface area (Å²) < 4.78 is 14.0. The topological polar surface area (TPSA) is 64.7 Å². The van der Waals surface area contributed by atoms with Gasteiger partial charge in [0.2, 0.25) is 5.91 Å². The SMILES string of the molecule is O=C(Nc1ccc(Br)cc1)Nc1ccc(N2CCN(C(=O)Cc3ccc(F)cc3)CC2)cc1. The molecule has 1 heterocycles. The molecule has 0 bridgehead atoms. The fraction of sp³-hybridized carbons (Fsp3) is 0.200. The second-order valence-electron chi connectivity index (χ2n) is 7.80. The Labute approximate surface area is 200 Å². The Bertz CT molecular complexity index is 1100. The van der Waals surface area contributed by atoms with Crippen LogP contribution >= 0.6 is 15.9 Å². The summed E-state index contributed by atoms with van der Waals surface area (Å²) in [6.07, 6.45) is 0.281. The average molecular weight is 511 g/mol. The predicted molar refractivity (Wildman–Crippen MR) is 132 cm³/mol. The van der Waals surface area contributed by atoms with Crippen molar-refractivity contribution < 1.29 is 14.0 Å². The van der Waals surface area contributed by atoms with Crippen molar-refractivity contribution in [2.75, 3.05) is 41.7 Å². The number of carbonyl (C=O) groups excluding carboxylic acids is 2. The van der Waals surface area contributed by atoms with Crippen molar-refractivity contribution in [3.05, 3.63) is 88.6 Å². The molecule has 8 heteroatoms. The summed E-state index contributed by atoms with van der Waals surface area (Å²) in [6, 6.07) is 20.8.